The van der Waals surface area contributed by atoms with E-state index < -0.39 is 17.9 Å². The Bertz CT molecular complexity index is 219. The van der Waals surface area contributed by atoms with Gasteiger partial charge in [-0.15, -0.1) is 0 Å². The Morgan fingerprint density at radius 3 is 2.40 bits per heavy atom. The molecule has 0 rings (SSSR count). The second kappa shape index (κ2) is 7.23. The predicted molar refractivity (Wildman–Crippen MR) is 57.3 cm³/mol. The van der Waals surface area contributed by atoms with Crippen LogP contribution in [0.4, 0.5) is 0 Å². The van der Waals surface area contributed by atoms with Crippen molar-refractivity contribution in [2.45, 2.75) is 39.2 Å². The molecule has 0 aliphatic rings. The minimum absolute atomic E-state index is 0.162. The molecular formula is C10H20N2O3. The normalized spacial score (nSPS) is 14.3. The van der Waals surface area contributed by atoms with Gasteiger partial charge in [-0.3, -0.25) is 9.59 Å². The highest BCUT2D eigenvalue weighted by Gasteiger charge is 2.18. The van der Waals surface area contributed by atoms with E-state index in [4.69, 9.17) is 10.8 Å². The minimum atomic E-state index is -0.873. The third-order valence-electron chi connectivity index (χ3n) is 2.29. The molecule has 5 nitrogen and oxygen atoms in total. The van der Waals surface area contributed by atoms with E-state index in [1.54, 1.807) is 0 Å². The maximum absolute atomic E-state index is 11.3. The van der Waals surface area contributed by atoms with Crippen LogP contribution in [0.5, 0.6) is 0 Å². The Kier molecular flexibility index (Phi) is 6.70. The molecule has 0 fully saturated rings. The van der Waals surface area contributed by atoms with E-state index in [-0.39, 0.29) is 12.5 Å². The van der Waals surface area contributed by atoms with Crippen LogP contribution in [-0.4, -0.2) is 29.6 Å². The van der Waals surface area contributed by atoms with Gasteiger partial charge in [0.1, 0.15) is 0 Å². The number of aliphatic carboxylic acids is 1. The lowest BCUT2D eigenvalue weighted by Gasteiger charge is -2.14. The number of rotatable bonds is 7. The molecule has 5 heteroatoms. The number of nitrogens with one attached hydrogen (secondary N) is 1. The number of carboxylic acids is 1. The lowest BCUT2D eigenvalue weighted by Crippen LogP contribution is -2.43. The van der Waals surface area contributed by atoms with E-state index in [0.717, 1.165) is 6.42 Å². The summed E-state index contributed by atoms with van der Waals surface area (Å²) < 4.78 is 0. The van der Waals surface area contributed by atoms with Gasteiger partial charge in [0.25, 0.3) is 0 Å². The highest BCUT2D eigenvalue weighted by atomic mass is 16.4. The van der Waals surface area contributed by atoms with E-state index >= 15 is 0 Å². The largest absolute Gasteiger partial charge is 0.481 e. The fourth-order valence-electron chi connectivity index (χ4n) is 1.20. The molecule has 0 radical (unpaired) electrons. The standard InChI is InChI=1S/C10H20N2O3/c1-3-5-7(10(14)15)6-12-9(13)8(11)4-2/h7-8H,3-6,11H2,1-2H3,(H,12,13)(H,14,15)/t7?,8-/m0/s1. The minimum Gasteiger partial charge on any atom is -0.481 e. The van der Waals surface area contributed by atoms with Crippen LogP contribution in [0, 0.1) is 5.92 Å². The predicted octanol–water partition coefficient (Wildman–Crippen LogP) is 0.341. The van der Waals surface area contributed by atoms with Gasteiger partial charge in [0.05, 0.1) is 12.0 Å². The molecule has 0 saturated carbocycles. The van der Waals surface area contributed by atoms with Crippen molar-refractivity contribution in [2.75, 3.05) is 6.54 Å². The molecule has 0 spiro atoms. The molecular weight excluding hydrogens is 196 g/mol. The molecule has 0 aliphatic heterocycles. The van der Waals surface area contributed by atoms with Crippen molar-refractivity contribution in [1.29, 1.82) is 0 Å². The van der Waals surface area contributed by atoms with Gasteiger partial charge in [0, 0.05) is 6.54 Å². The molecule has 0 saturated heterocycles. The SMILES string of the molecule is CCCC(CNC(=O)[C@@H](N)CC)C(=O)O. The zero-order chi connectivity index (χ0) is 11.8. The van der Waals surface area contributed by atoms with Crippen molar-refractivity contribution in [2.24, 2.45) is 11.7 Å². The fraction of sp³-hybridized carbons (Fsp3) is 0.800. The van der Waals surface area contributed by atoms with Crippen LogP contribution in [0.3, 0.4) is 0 Å². The molecule has 2 atom stereocenters. The second-order valence-corrected chi connectivity index (χ2v) is 3.58. The van der Waals surface area contributed by atoms with Crippen LogP contribution in [0.2, 0.25) is 0 Å². The van der Waals surface area contributed by atoms with Crippen molar-refractivity contribution in [1.82, 2.24) is 5.32 Å². The first-order chi connectivity index (χ1) is 7.02. The summed E-state index contributed by atoms with van der Waals surface area (Å²) in [4.78, 5) is 22.0. The van der Waals surface area contributed by atoms with Gasteiger partial charge in [0.2, 0.25) is 5.91 Å². The van der Waals surface area contributed by atoms with Crippen LogP contribution >= 0.6 is 0 Å². The molecule has 1 amide bonds. The Labute approximate surface area is 90.0 Å². The molecule has 1 unspecified atom stereocenters. The summed E-state index contributed by atoms with van der Waals surface area (Å²) in [5.41, 5.74) is 5.49. The van der Waals surface area contributed by atoms with Gasteiger partial charge in [-0.25, -0.2) is 0 Å². The quantitative estimate of drug-likeness (QED) is 0.572. The van der Waals surface area contributed by atoms with Gasteiger partial charge in [0.15, 0.2) is 0 Å². The molecule has 15 heavy (non-hydrogen) atoms. The number of carbonyl (C=O) groups is 2. The first-order valence-electron chi connectivity index (χ1n) is 5.29. The van der Waals surface area contributed by atoms with Crippen molar-refractivity contribution in [3.63, 3.8) is 0 Å². The van der Waals surface area contributed by atoms with Gasteiger partial charge in [-0.05, 0) is 12.8 Å². The molecule has 4 N–H and O–H groups in total. The molecule has 88 valence electrons. The summed E-state index contributed by atoms with van der Waals surface area (Å²) in [6.07, 6.45) is 1.90. The van der Waals surface area contributed by atoms with Crippen molar-refractivity contribution < 1.29 is 14.7 Å². The van der Waals surface area contributed by atoms with Crippen LogP contribution in [0.1, 0.15) is 33.1 Å². The lowest BCUT2D eigenvalue weighted by atomic mass is 10.0. The Morgan fingerprint density at radius 2 is 2.00 bits per heavy atom. The van der Waals surface area contributed by atoms with E-state index in [1.807, 2.05) is 13.8 Å². The number of hydrogen-bond donors (Lipinski definition) is 3. The molecule has 0 aliphatic carbocycles. The Morgan fingerprint density at radius 1 is 1.40 bits per heavy atom. The van der Waals surface area contributed by atoms with Gasteiger partial charge in [-0.2, -0.15) is 0 Å². The van der Waals surface area contributed by atoms with Crippen LogP contribution in [0.15, 0.2) is 0 Å². The zero-order valence-corrected chi connectivity index (χ0v) is 9.32. The monoisotopic (exact) mass is 216 g/mol. The summed E-state index contributed by atoms with van der Waals surface area (Å²) in [5.74, 6) is -1.66. The third-order valence-corrected chi connectivity index (χ3v) is 2.29. The van der Waals surface area contributed by atoms with E-state index in [1.165, 1.54) is 0 Å². The maximum Gasteiger partial charge on any atom is 0.308 e. The number of amides is 1. The lowest BCUT2D eigenvalue weighted by molar-refractivity contribution is -0.142. The maximum atomic E-state index is 11.3. The summed E-state index contributed by atoms with van der Waals surface area (Å²) in [6, 6.07) is -0.541. The van der Waals surface area contributed by atoms with Crippen LogP contribution < -0.4 is 11.1 Å². The highest BCUT2D eigenvalue weighted by molar-refractivity contribution is 5.82. The summed E-state index contributed by atoms with van der Waals surface area (Å²) in [5, 5.41) is 11.4. The second-order valence-electron chi connectivity index (χ2n) is 3.58. The van der Waals surface area contributed by atoms with Crippen molar-refractivity contribution in [3.05, 3.63) is 0 Å². The molecule has 0 bridgehead atoms. The Balaban J connectivity index is 3.99. The topological polar surface area (TPSA) is 92.4 Å². The summed E-state index contributed by atoms with van der Waals surface area (Å²) in [7, 11) is 0. The molecule has 0 aromatic rings. The van der Waals surface area contributed by atoms with E-state index in [2.05, 4.69) is 5.32 Å². The van der Waals surface area contributed by atoms with Crippen molar-refractivity contribution in [3.8, 4) is 0 Å². The van der Waals surface area contributed by atoms with E-state index in [9.17, 15) is 9.59 Å². The van der Waals surface area contributed by atoms with E-state index in [0.29, 0.717) is 12.8 Å². The summed E-state index contributed by atoms with van der Waals surface area (Å²) in [6.45, 7) is 3.89. The highest BCUT2D eigenvalue weighted by Crippen LogP contribution is 2.05. The van der Waals surface area contributed by atoms with Gasteiger partial charge in [-0.1, -0.05) is 20.3 Å². The fourth-order valence-corrected chi connectivity index (χ4v) is 1.20. The number of carbonyl (C=O) groups excluding carboxylic acids is 1. The number of hydrogen-bond acceptors (Lipinski definition) is 3. The average molecular weight is 216 g/mol. The number of carboxylic acid groups (broad SMARTS) is 1. The van der Waals surface area contributed by atoms with Crippen molar-refractivity contribution >= 4 is 11.9 Å². The first kappa shape index (κ1) is 13.9. The van der Waals surface area contributed by atoms with Crippen LogP contribution in [-0.2, 0) is 9.59 Å². The van der Waals surface area contributed by atoms with Crippen LogP contribution in [0.25, 0.3) is 0 Å². The zero-order valence-electron chi connectivity index (χ0n) is 9.32. The summed E-state index contributed by atoms with van der Waals surface area (Å²) >= 11 is 0. The first-order valence-corrected chi connectivity index (χ1v) is 5.29. The molecule has 0 aromatic heterocycles. The molecule has 0 aromatic carbocycles. The number of nitrogens with two attached hydrogens (primary N) is 1. The smallest absolute Gasteiger partial charge is 0.308 e. The average Bonchev–Trinajstić information content (AvgIpc) is 2.21. The molecule has 0 heterocycles. The third kappa shape index (κ3) is 5.37. The van der Waals surface area contributed by atoms with Gasteiger partial charge < -0.3 is 16.2 Å². The Hall–Kier alpha value is -1.10. The van der Waals surface area contributed by atoms with Gasteiger partial charge >= 0.3 is 5.97 Å².